The van der Waals surface area contributed by atoms with Crippen LogP contribution in [0.15, 0.2) is 46.0 Å². The van der Waals surface area contributed by atoms with Crippen LogP contribution >= 0.6 is 11.3 Å². The minimum atomic E-state index is -3.51. The summed E-state index contributed by atoms with van der Waals surface area (Å²) >= 11 is 1.48. The summed E-state index contributed by atoms with van der Waals surface area (Å²) < 4.78 is 27.1. The predicted octanol–water partition coefficient (Wildman–Crippen LogP) is 3.02. The van der Waals surface area contributed by atoms with Crippen LogP contribution in [-0.2, 0) is 10.0 Å². The van der Waals surface area contributed by atoms with Gasteiger partial charge in [0.2, 0.25) is 10.0 Å². The number of rotatable bonds is 4. The first-order valence-corrected chi connectivity index (χ1v) is 10.7. The molecule has 7 heteroatoms. The lowest BCUT2D eigenvalue weighted by atomic mass is 10.0. The molecule has 1 fully saturated rings. The molecule has 0 bridgehead atoms. The molecule has 1 saturated heterocycles. The van der Waals surface area contributed by atoms with Crippen LogP contribution in [-0.4, -0.2) is 49.7 Å². The zero-order valence-corrected chi connectivity index (χ0v) is 16.0. The molecule has 0 radical (unpaired) electrons. The highest BCUT2D eigenvalue weighted by Crippen LogP contribution is 2.22. The van der Waals surface area contributed by atoms with Gasteiger partial charge in [-0.25, -0.2) is 8.42 Å². The van der Waals surface area contributed by atoms with Crippen molar-refractivity contribution in [3.63, 3.8) is 0 Å². The molecule has 134 valence electrons. The normalized spacial score (nSPS) is 16.4. The fraction of sp³-hybridized carbons (Fsp3) is 0.389. The molecule has 1 aliphatic heterocycles. The van der Waals surface area contributed by atoms with Crippen molar-refractivity contribution in [1.82, 2.24) is 9.21 Å². The van der Waals surface area contributed by atoms with Crippen molar-refractivity contribution in [1.29, 1.82) is 0 Å². The second-order valence-corrected chi connectivity index (χ2v) is 9.15. The molecular weight excluding hydrogens is 356 g/mol. The van der Waals surface area contributed by atoms with Crippen LogP contribution in [0.4, 0.5) is 0 Å². The van der Waals surface area contributed by atoms with Crippen LogP contribution in [0.1, 0.15) is 35.7 Å². The average Bonchev–Trinajstić information content (AvgIpc) is 3.16. The van der Waals surface area contributed by atoms with E-state index in [9.17, 15) is 13.2 Å². The Morgan fingerprint density at radius 3 is 2.20 bits per heavy atom. The van der Waals surface area contributed by atoms with Crippen molar-refractivity contribution in [3.05, 3.63) is 52.2 Å². The molecule has 1 amide bonds. The number of amides is 1. The van der Waals surface area contributed by atoms with E-state index in [1.165, 1.54) is 15.6 Å². The largest absolute Gasteiger partial charge is 0.336 e. The second kappa shape index (κ2) is 7.27. The number of nitrogens with zero attached hydrogens (tertiary/aromatic N) is 2. The van der Waals surface area contributed by atoms with E-state index in [2.05, 4.69) is 13.8 Å². The van der Waals surface area contributed by atoms with E-state index in [0.29, 0.717) is 42.6 Å². The molecule has 0 saturated carbocycles. The van der Waals surface area contributed by atoms with Crippen molar-refractivity contribution in [3.8, 4) is 0 Å². The second-order valence-electron chi connectivity index (χ2n) is 6.43. The Bertz CT molecular complexity index is 820. The molecule has 0 spiro atoms. The van der Waals surface area contributed by atoms with Gasteiger partial charge >= 0.3 is 0 Å². The molecule has 0 atom stereocenters. The maximum atomic E-state index is 12.8. The van der Waals surface area contributed by atoms with Gasteiger partial charge in [-0.05, 0) is 35.1 Å². The summed E-state index contributed by atoms with van der Waals surface area (Å²) in [7, 11) is -3.51. The zero-order valence-electron chi connectivity index (χ0n) is 14.4. The third kappa shape index (κ3) is 3.78. The summed E-state index contributed by atoms with van der Waals surface area (Å²) in [5.41, 5.74) is 1.79. The van der Waals surface area contributed by atoms with Crippen molar-refractivity contribution in [2.75, 3.05) is 26.2 Å². The number of hydrogen-bond acceptors (Lipinski definition) is 4. The molecule has 0 unspecified atom stereocenters. The molecule has 25 heavy (non-hydrogen) atoms. The monoisotopic (exact) mass is 378 g/mol. The van der Waals surface area contributed by atoms with Crippen LogP contribution in [0.25, 0.3) is 0 Å². The Kier molecular flexibility index (Phi) is 5.27. The summed E-state index contributed by atoms with van der Waals surface area (Å²) in [6.45, 7) is 5.63. The molecule has 2 heterocycles. The minimum absolute atomic E-state index is 0.0282. The van der Waals surface area contributed by atoms with E-state index >= 15 is 0 Å². The van der Waals surface area contributed by atoms with Gasteiger partial charge in [0, 0.05) is 31.6 Å². The van der Waals surface area contributed by atoms with Crippen molar-refractivity contribution in [2.45, 2.75) is 24.7 Å². The van der Waals surface area contributed by atoms with Gasteiger partial charge in [-0.2, -0.15) is 15.6 Å². The molecule has 1 aromatic carbocycles. The molecule has 5 nitrogen and oxygen atoms in total. The van der Waals surface area contributed by atoms with Crippen LogP contribution in [0.5, 0.6) is 0 Å². The highest BCUT2D eigenvalue weighted by molar-refractivity contribution is 7.89. The number of carbonyl (C=O) groups is 1. The Morgan fingerprint density at radius 2 is 1.68 bits per heavy atom. The zero-order chi connectivity index (χ0) is 18.0. The standard InChI is InChI=1S/C18H22N2O3S2/c1-14(2)15-3-5-17(6-4-15)25(22,23)20-10-8-19(9-11-20)18(21)16-7-12-24-13-16/h3-7,12-14H,8-11H2,1-2H3. The molecule has 1 aliphatic rings. The number of hydrogen-bond donors (Lipinski definition) is 0. The fourth-order valence-electron chi connectivity index (χ4n) is 2.87. The number of sulfonamides is 1. The lowest BCUT2D eigenvalue weighted by Crippen LogP contribution is -2.50. The van der Waals surface area contributed by atoms with Gasteiger partial charge < -0.3 is 4.90 Å². The van der Waals surface area contributed by atoms with Gasteiger partial charge in [0.1, 0.15) is 0 Å². The molecule has 3 rings (SSSR count). The SMILES string of the molecule is CC(C)c1ccc(S(=O)(=O)N2CCN(C(=O)c3ccsc3)CC2)cc1. The first-order chi connectivity index (χ1) is 11.9. The molecular formula is C18H22N2O3S2. The Hall–Kier alpha value is -1.70. The lowest BCUT2D eigenvalue weighted by molar-refractivity contribution is 0.0698. The van der Waals surface area contributed by atoms with Gasteiger partial charge in [-0.3, -0.25) is 4.79 Å². The van der Waals surface area contributed by atoms with E-state index in [-0.39, 0.29) is 5.91 Å². The van der Waals surface area contributed by atoms with Crippen LogP contribution in [0.3, 0.4) is 0 Å². The van der Waals surface area contributed by atoms with E-state index < -0.39 is 10.0 Å². The maximum Gasteiger partial charge on any atom is 0.254 e. The first kappa shape index (κ1) is 18.1. The number of thiophene rings is 1. The minimum Gasteiger partial charge on any atom is -0.336 e. The molecule has 0 aliphatic carbocycles. The average molecular weight is 379 g/mol. The van der Waals surface area contributed by atoms with Gasteiger partial charge in [0.05, 0.1) is 10.5 Å². The highest BCUT2D eigenvalue weighted by Gasteiger charge is 2.30. The third-order valence-electron chi connectivity index (χ3n) is 4.48. The van der Waals surface area contributed by atoms with Gasteiger partial charge in [-0.1, -0.05) is 26.0 Å². The van der Waals surface area contributed by atoms with E-state index in [1.807, 2.05) is 22.9 Å². The molecule has 1 aromatic heterocycles. The van der Waals surface area contributed by atoms with Crippen molar-refractivity contribution < 1.29 is 13.2 Å². The van der Waals surface area contributed by atoms with Crippen LogP contribution in [0.2, 0.25) is 0 Å². The Labute approximate surface area is 152 Å². The van der Waals surface area contributed by atoms with Gasteiger partial charge in [-0.15, -0.1) is 0 Å². The predicted molar refractivity (Wildman–Crippen MR) is 99.5 cm³/mol. The van der Waals surface area contributed by atoms with Crippen LogP contribution in [0, 0.1) is 0 Å². The van der Waals surface area contributed by atoms with Gasteiger partial charge in [0.25, 0.3) is 5.91 Å². The van der Waals surface area contributed by atoms with Crippen molar-refractivity contribution >= 4 is 27.3 Å². The fourth-order valence-corrected chi connectivity index (χ4v) is 4.93. The van der Waals surface area contributed by atoms with E-state index in [1.54, 1.807) is 23.1 Å². The number of carbonyl (C=O) groups excluding carboxylic acids is 1. The van der Waals surface area contributed by atoms with E-state index in [4.69, 9.17) is 0 Å². The summed E-state index contributed by atoms with van der Waals surface area (Å²) in [6.07, 6.45) is 0. The third-order valence-corrected chi connectivity index (χ3v) is 7.07. The summed E-state index contributed by atoms with van der Waals surface area (Å²) in [5, 5.41) is 3.69. The number of benzene rings is 1. The van der Waals surface area contributed by atoms with E-state index in [0.717, 1.165) is 5.56 Å². The van der Waals surface area contributed by atoms with Crippen LogP contribution < -0.4 is 0 Å². The topological polar surface area (TPSA) is 57.7 Å². The Balaban J connectivity index is 1.68. The highest BCUT2D eigenvalue weighted by atomic mass is 32.2. The van der Waals surface area contributed by atoms with Crippen molar-refractivity contribution in [2.24, 2.45) is 0 Å². The Morgan fingerprint density at radius 1 is 1.04 bits per heavy atom. The maximum absolute atomic E-state index is 12.8. The molecule has 2 aromatic rings. The molecule has 0 N–H and O–H groups in total. The quantitative estimate of drug-likeness (QED) is 0.822. The first-order valence-electron chi connectivity index (χ1n) is 8.31. The summed E-state index contributed by atoms with van der Waals surface area (Å²) in [6, 6.07) is 8.88. The van der Waals surface area contributed by atoms with Gasteiger partial charge in [0.15, 0.2) is 0 Å². The summed E-state index contributed by atoms with van der Waals surface area (Å²) in [4.78, 5) is 14.4. The lowest BCUT2D eigenvalue weighted by Gasteiger charge is -2.34. The number of piperazine rings is 1. The smallest absolute Gasteiger partial charge is 0.254 e. The summed E-state index contributed by atoms with van der Waals surface area (Å²) in [5.74, 6) is 0.336.